The number of ether oxygens (including phenoxy) is 1. The number of piperazine rings is 1. The van der Waals surface area contributed by atoms with Crippen molar-refractivity contribution in [1.82, 2.24) is 10.2 Å². The quantitative estimate of drug-likeness (QED) is 0.788. The van der Waals surface area contributed by atoms with Crippen LogP contribution in [0.2, 0.25) is 0 Å². The molecule has 0 radical (unpaired) electrons. The zero-order valence-electron chi connectivity index (χ0n) is 17.4. The van der Waals surface area contributed by atoms with Crippen LogP contribution < -0.4 is 10.2 Å². The van der Waals surface area contributed by atoms with Gasteiger partial charge in [-0.05, 0) is 42.2 Å². The zero-order valence-corrected chi connectivity index (χ0v) is 17.4. The van der Waals surface area contributed by atoms with Crippen LogP contribution in [0.5, 0.6) is 0 Å². The van der Waals surface area contributed by atoms with Crippen molar-refractivity contribution in [2.24, 2.45) is 0 Å². The van der Waals surface area contributed by atoms with Crippen LogP contribution in [0.4, 0.5) is 23.7 Å². The van der Waals surface area contributed by atoms with E-state index in [4.69, 9.17) is 4.74 Å². The summed E-state index contributed by atoms with van der Waals surface area (Å²) < 4.78 is 46.4. The lowest BCUT2D eigenvalue weighted by Crippen LogP contribution is -2.50. The molecule has 166 valence electrons. The molecule has 2 heterocycles. The lowest BCUT2D eigenvalue weighted by molar-refractivity contribution is -0.138. The smallest absolute Gasteiger partial charge is 0.416 e. The van der Waals surface area contributed by atoms with Crippen LogP contribution in [0.3, 0.4) is 0 Å². The first-order valence-corrected chi connectivity index (χ1v) is 10.5. The number of hydrogen-bond donors (Lipinski definition) is 1. The maximum atomic E-state index is 13.6. The summed E-state index contributed by atoms with van der Waals surface area (Å²) in [4.78, 5) is 16.3. The Labute approximate surface area is 179 Å². The van der Waals surface area contributed by atoms with E-state index in [0.717, 1.165) is 17.8 Å². The van der Waals surface area contributed by atoms with Crippen molar-refractivity contribution in [2.45, 2.75) is 38.7 Å². The van der Waals surface area contributed by atoms with E-state index in [1.54, 1.807) is 6.07 Å². The fourth-order valence-corrected chi connectivity index (χ4v) is 4.34. The highest BCUT2D eigenvalue weighted by Gasteiger charge is 2.38. The van der Waals surface area contributed by atoms with Crippen molar-refractivity contribution < 1.29 is 22.7 Å². The Morgan fingerprint density at radius 2 is 1.90 bits per heavy atom. The van der Waals surface area contributed by atoms with E-state index >= 15 is 0 Å². The summed E-state index contributed by atoms with van der Waals surface area (Å²) in [7, 11) is 0. The van der Waals surface area contributed by atoms with Crippen LogP contribution in [0, 0.1) is 0 Å². The molecule has 8 heteroatoms. The van der Waals surface area contributed by atoms with Crippen LogP contribution in [-0.2, 0) is 30.5 Å². The Kier molecular flexibility index (Phi) is 6.09. The number of amides is 1. The Balaban J connectivity index is 1.58. The fraction of sp³-hybridized carbons (Fsp3) is 0.435. The highest BCUT2D eigenvalue weighted by molar-refractivity contribution is 5.70. The first-order valence-electron chi connectivity index (χ1n) is 10.5. The van der Waals surface area contributed by atoms with Gasteiger partial charge in [-0.2, -0.15) is 13.2 Å². The van der Waals surface area contributed by atoms with Gasteiger partial charge in [-0.1, -0.05) is 30.3 Å². The lowest BCUT2D eigenvalue weighted by Gasteiger charge is -2.38. The predicted octanol–water partition coefficient (Wildman–Crippen LogP) is 4.20. The van der Waals surface area contributed by atoms with Crippen LogP contribution in [-0.4, -0.2) is 43.2 Å². The summed E-state index contributed by atoms with van der Waals surface area (Å²) in [5, 5.41) is 3.35. The second-order valence-electron chi connectivity index (χ2n) is 8.10. The van der Waals surface area contributed by atoms with E-state index < -0.39 is 17.8 Å². The number of rotatable bonds is 3. The summed E-state index contributed by atoms with van der Waals surface area (Å²) >= 11 is 0. The molecule has 0 aliphatic carbocycles. The van der Waals surface area contributed by atoms with E-state index in [9.17, 15) is 18.0 Å². The number of halogens is 3. The highest BCUT2D eigenvalue weighted by Crippen LogP contribution is 2.39. The molecule has 2 aromatic carbocycles. The molecule has 0 saturated carbocycles. The molecule has 31 heavy (non-hydrogen) atoms. The van der Waals surface area contributed by atoms with Crippen molar-refractivity contribution in [2.75, 3.05) is 31.1 Å². The minimum absolute atomic E-state index is 0.112. The van der Waals surface area contributed by atoms with Gasteiger partial charge in [0.2, 0.25) is 0 Å². The fourth-order valence-electron chi connectivity index (χ4n) is 4.34. The number of nitrogens with one attached hydrogen (secondary N) is 1. The molecule has 5 nitrogen and oxygen atoms in total. The Morgan fingerprint density at radius 1 is 1.13 bits per heavy atom. The molecule has 1 unspecified atom stereocenters. The third-order valence-corrected chi connectivity index (χ3v) is 5.87. The Hall–Kier alpha value is -2.74. The monoisotopic (exact) mass is 433 g/mol. The van der Waals surface area contributed by atoms with Crippen molar-refractivity contribution in [3.63, 3.8) is 0 Å². The van der Waals surface area contributed by atoms with Gasteiger partial charge < -0.3 is 19.9 Å². The van der Waals surface area contributed by atoms with Crippen LogP contribution >= 0.6 is 0 Å². The zero-order chi connectivity index (χ0) is 22.0. The van der Waals surface area contributed by atoms with Crippen molar-refractivity contribution in [3.8, 4) is 0 Å². The SMILES string of the molecule is CC1CN(c2ccc(C(F)(F)F)c3c2CN(C(=O)OCc2ccccc2)CC3)CCN1. The summed E-state index contributed by atoms with van der Waals surface area (Å²) in [5.41, 5.74) is 1.90. The van der Waals surface area contributed by atoms with Gasteiger partial charge in [-0.3, -0.25) is 0 Å². The van der Waals surface area contributed by atoms with Crippen molar-refractivity contribution in [1.29, 1.82) is 0 Å². The average molecular weight is 433 g/mol. The number of hydrogen-bond acceptors (Lipinski definition) is 4. The molecule has 0 bridgehead atoms. The van der Waals surface area contributed by atoms with Crippen LogP contribution in [0.25, 0.3) is 0 Å². The Bertz CT molecular complexity index is 934. The number of anilines is 1. The summed E-state index contributed by atoms with van der Waals surface area (Å²) in [6.45, 7) is 4.67. The third kappa shape index (κ3) is 4.79. The molecule has 4 rings (SSSR count). The second-order valence-corrected chi connectivity index (χ2v) is 8.10. The molecule has 1 fully saturated rings. The molecule has 1 saturated heterocycles. The van der Waals surface area contributed by atoms with Crippen molar-refractivity contribution in [3.05, 3.63) is 64.7 Å². The first-order chi connectivity index (χ1) is 14.8. The number of nitrogens with zero attached hydrogens (tertiary/aromatic N) is 2. The van der Waals surface area contributed by atoms with Crippen LogP contribution in [0.15, 0.2) is 42.5 Å². The topological polar surface area (TPSA) is 44.8 Å². The molecule has 0 spiro atoms. The van der Waals surface area contributed by atoms with E-state index in [1.165, 1.54) is 11.0 Å². The number of carbonyl (C=O) groups excluding carboxylic acids is 1. The van der Waals surface area contributed by atoms with E-state index in [1.807, 2.05) is 30.3 Å². The van der Waals surface area contributed by atoms with E-state index in [0.29, 0.717) is 24.2 Å². The third-order valence-electron chi connectivity index (χ3n) is 5.87. The molecule has 0 aromatic heterocycles. The van der Waals surface area contributed by atoms with Gasteiger partial charge in [0.1, 0.15) is 6.61 Å². The molecule has 1 N–H and O–H groups in total. The summed E-state index contributed by atoms with van der Waals surface area (Å²) in [5.74, 6) is 0. The van der Waals surface area contributed by atoms with Gasteiger partial charge in [-0.25, -0.2) is 4.79 Å². The number of carbonyl (C=O) groups is 1. The van der Waals surface area contributed by atoms with E-state index in [2.05, 4.69) is 17.1 Å². The van der Waals surface area contributed by atoms with Gasteiger partial charge >= 0.3 is 12.3 Å². The minimum atomic E-state index is -4.42. The standard InChI is InChI=1S/C23H26F3N3O2/c1-16-13-28(12-10-27-16)21-8-7-20(23(24,25)26)18-9-11-29(14-19(18)21)22(30)31-15-17-5-3-2-4-6-17/h2-8,16,27H,9-15H2,1H3. The van der Waals surface area contributed by atoms with Gasteiger partial charge in [0.15, 0.2) is 0 Å². The number of alkyl halides is 3. The van der Waals surface area contributed by atoms with Gasteiger partial charge in [0.05, 0.1) is 12.1 Å². The van der Waals surface area contributed by atoms with Crippen molar-refractivity contribution >= 4 is 11.8 Å². The highest BCUT2D eigenvalue weighted by atomic mass is 19.4. The number of benzene rings is 2. The summed E-state index contributed by atoms with van der Waals surface area (Å²) in [6, 6.07) is 12.3. The van der Waals surface area contributed by atoms with E-state index in [-0.39, 0.29) is 32.2 Å². The molecule has 2 aromatic rings. The predicted molar refractivity (Wildman–Crippen MR) is 112 cm³/mol. The average Bonchev–Trinajstić information content (AvgIpc) is 2.76. The molecule has 2 aliphatic heterocycles. The maximum absolute atomic E-state index is 13.6. The van der Waals surface area contributed by atoms with Gasteiger partial charge in [-0.15, -0.1) is 0 Å². The molecule has 1 atom stereocenters. The van der Waals surface area contributed by atoms with Crippen LogP contribution in [0.1, 0.15) is 29.2 Å². The first kappa shape index (κ1) is 21.5. The lowest BCUT2D eigenvalue weighted by atomic mass is 9.92. The normalized spacial score (nSPS) is 19.2. The molecular weight excluding hydrogens is 407 g/mol. The molecule has 1 amide bonds. The largest absolute Gasteiger partial charge is 0.445 e. The molecule has 2 aliphatic rings. The number of fused-ring (bicyclic) bond motifs is 1. The Morgan fingerprint density at radius 3 is 2.61 bits per heavy atom. The second kappa shape index (κ2) is 8.78. The summed E-state index contributed by atoms with van der Waals surface area (Å²) in [6.07, 6.45) is -4.78. The molecular formula is C23H26F3N3O2. The van der Waals surface area contributed by atoms with Gasteiger partial charge in [0.25, 0.3) is 0 Å². The van der Waals surface area contributed by atoms with Gasteiger partial charge in [0, 0.05) is 37.9 Å². The maximum Gasteiger partial charge on any atom is 0.416 e. The minimum Gasteiger partial charge on any atom is -0.445 e.